The van der Waals surface area contributed by atoms with Gasteiger partial charge >= 0.3 is 0 Å². The van der Waals surface area contributed by atoms with E-state index in [1.54, 1.807) is 42.5 Å². The van der Waals surface area contributed by atoms with E-state index in [2.05, 4.69) is 0 Å². The van der Waals surface area contributed by atoms with Gasteiger partial charge in [-0.15, -0.1) is 11.8 Å². The number of rotatable bonds is 6. The Bertz CT molecular complexity index is 694. The lowest BCUT2D eigenvalue weighted by molar-refractivity contribution is 0.413. The van der Waals surface area contributed by atoms with Crippen LogP contribution < -0.4 is 4.74 Å². The van der Waals surface area contributed by atoms with Crippen molar-refractivity contribution in [3.8, 4) is 11.5 Å². The Morgan fingerprint density at radius 2 is 1.86 bits per heavy atom. The molecule has 2 rings (SSSR count). The number of ether oxygens (including phenoxy) is 1. The van der Waals surface area contributed by atoms with Crippen molar-refractivity contribution in [1.29, 1.82) is 0 Å². The van der Waals surface area contributed by atoms with Gasteiger partial charge in [0.05, 0.1) is 17.8 Å². The van der Waals surface area contributed by atoms with Gasteiger partial charge in [-0.3, -0.25) is 0 Å². The van der Waals surface area contributed by atoms with Crippen LogP contribution in [0.25, 0.3) is 0 Å². The number of phenolic OH excluding ortho intramolecular Hbond substituents is 1. The molecule has 112 valence electrons. The molecule has 0 amide bonds. The standard InChI is InChI=1S/C15H16O4S2/c1-19-13-3-2-4-15(11-13)21(17,18)10-9-20-14-7-5-12(16)6-8-14/h2-8,11,16H,9-10H2,1H3. The predicted octanol–water partition coefficient (Wildman–Crippen LogP) is 2.97. The van der Waals surface area contributed by atoms with Crippen LogP contribution in [0.3, 0.4) is 0 Å². The van der Waals surface area contributed by atoms with Crippen LogP contribution in [0.4, 0.5) is 0 Å². The van der Waals surface area contributed by atoms with Crippen LogP contribution in [-0.2, 0) is 9.84 Å². The summed E-state index contributed by atoms with van der Waals surface area (Å²) in [6.45, 7) is 0. The van der Waals surface area contributed by atoms with Crippen LogP contribution in [-0.4, -0.2) is 32.1 Å². The Morgan fingerprint density at radius 1 is 1.14 bits per heavy atom. The zero-order valence-corrected chi connectivity index (χ0v) is 13.2. The van der Waals surface area contributed by atoms with E-state index in [1.165, 1.54) is 24.9 Å². The number of phenols is 1. The first-order valence-corrected chi connectivity index (χ1v) is 8.94. The number of hydrogen-bond donors (Lipinski definition) is 1. The third kappa shape index (κ3) is 4.41. The highest BCUT2D eigenvalue weighted by Crippen LogP contribution is 2.23. The number of benzene rings is 2. The smallest absolute Gasteiger partial charge is 0.179 e. The lowest BCUT2D eigenvalue weighted by atomic mass is 10.3. The zero-order valence-electron chi connectivity index (χ0n) is 11.5. The van der Waals surface area contributed by atoms with Crippen LogP contribution in [0.5, 0.6) is 11.5 Å². The van der Waals surface area contributed by atoms with Crippen molar-refractivity contribution in [2.45, 2.75) is 9.79 Å². The fraction of sp³-hybridized carbons (Fsp3) is 0.200. The second kappa shape index (κ2) is 6.87. The van der Waals surface area contributed by atoms with Crippen LogP contribution in [0.15, 0.2) is 58.3 Å². The maximum absolute atomic E-state index is 12.2. The van der Waals surface area contributed by atoms with Crippen molar-refractivity contribution >= 4 is 21.6 Å². The molecule has 0 atom stereocenters. The third-order valence-electron chi connectivity index (χ3n) is 2.86. The molecular weight excluding hydrogens is 308 g/mol. The molecular formula is C15H16O4S2. The van der Waals surface area contributed by atoms with E-state index < -0.39 is 9.84 Å². The average molecular weight is 324 g/mol. The normalized spacial score (nSPS) is 11.3. The number of sulfone groups is 1. The Labute approximate surface area is 128 Å². The summed E-state index contributed by atoms with van der Waals surface area (Å²) < 4.78 is 29.5. The molecule has 0 unspecified atom stereocenters. The van der Waals surface area contributed by atoms with Crippen LogP contribution >= 0.6 is 11.8 Å². The summed E-state index contributed by atoms with van der Waals surface area (Å²) in [5.41, 5.74) is 0. The Morgan fingerprint density at radius 3 is 2.52 bits per heavy atom. The maximum Gasteiger partial charge on any atom is 0.179 e. The number of thioether (sulfide) groups is 1. The summed E-state index contributed by atoms with van der Waals surface area (Å²) in [5, 5.41) is 9.19. The van der Waals surface area contributed by atoms with E-state index in [9.17, 15) is 13.5 Å². The SMILES string of the molecule is COc1cccc(S(=O)(=O)CCSc2ccc(O)cc2)c1. The molecule has 4 nitrogen and oxygen atoms in total. The predicted molar refractivity (Wildman–Crippen MR) is 83.9 cm³/mol. The third-order valence-corrected chi connectivity index (χ3v) is 5.84. The summed E-state index contributed by atoms with van der Waals surface area (Å²) in [5.74, 6) is 1.22. The first kappa shape index (κ1) is 15.7. The molecule has 0 aromatic heterocycles. The highest BCUT2D eigenvalue weighted by molar-refractivity contribution is 8.00. The van der Waals surface area contributed by atoms with E-state index in [4.69, 9.17) is 4.74 Å². The summed E-state index contributed by atoms with van der Waals surface area (Å²) in [6.07, 6.45) is 0. The molecule has 0 aliphatic heterocycles. The molecule has 6 heteroatoms. The van der Waals surface area contributed by atoms with Gasteiger partial charge in [0.25, 0.3) is 0 Å². The molecule has 0 radical (unpaired) electrons. The van der Waals surface area contributed by atoms with Crippen molar-refractivity contribution in [3.05, 3.63) is 48.5 Å². The summed E-state index contributed by atoms with van der Waals surface area (Å²) in [7, 11) is -1.82. The van der Waals surface area contributed by atoms with Crippen molar-refractivity contribution in [2.24, 2.45) is 0 Å². The molecule has 1 N–H and O–H groups in total. The second-order valence-electron chi connectivity index (χ2n) is 4.34. The van der Waals surface area contributed by atoms with Gasteiger partial charge < -0.3 is 9.84 Å². The van der Waals surface area contributed by atoms with E-state index in [1.807, 2.05) is 0 Å². The van der Waals surface area contributed by atoms with E-state index >= 15 is 0 Å². The van der Waals surface area contributed by atoms with Gasteiger partial charge in [-0.1, -0.05) is 6.07 Å². The summed E-state index contributed by atoms with van der Waals surface area (Å²) >= 11 is 1.44. The van der Waals surface area contributed by atoms with Gasteiger partial charge in [-0.25, -0.2) is 8.42 Å². The van der Waals surface area contributed by atoms with Crippen LogP contribution in [0, 0.1) is 0 Å². The quantitative estimate of drug-likeness (QED) is 0.828. The number of aromatic hydroxyl groups is 1. The first-order valence-electron chi connectivity index (χ1n) is 6.30. The molecule has 0 heterocycles. The minimum Gasteiger partial charge on any atom is -0.508 e. The van der Waals surface area contributed by atoms with Gasteiger partial charge in [0.1, 0.15) is 11.5 Å². The van der Waals surface area contributed by atoms with E-state index in [0.717, 1.165) is 4.90 Å². The molecule has 0 spiro atoms. The average Bonchev–Trinajstić information content (AvgIpc) is 2.49. The molecule has 0 saturated carbocycles. The molecule has 2 aromatic rings. The Hall–Kier alpha value is -1.66. The Kier molecular flexibility index (Phi) is 5.14. The molecule has 0 saturated heterocycles. The fourth-order valence-corrected chi connectivity index (χ4v) is 4.32. The summed E-state index contributed by atoms with van der Waals surface area (Å²) in [4.78, 5) is 1.20. The van der Waals surface area contributed by atoms with Crippen LogP contribution in [0.1, 0.15) is 0 Å². The fourth-order valence-electron chi connectivity index (χ4n) is 1.72. The topological polar surface area (TPSA) is 63.6 Å². The van der Waals surface area contributed by atoms with Gasteiger partial charge in [-0.2, -0.15) is 0 Å². The van der Waals surface area contributed by atoms with Gasteiger partial charge in [0.2, 0.25) is 0 Å². The molecule has 0 aliphatic carbocycles. The van der Waals surface area contributed by atoms with Crippen molar-refractivity contribution < 1.29 is 18.3 Å². The van der Waals surface area contributed by atoms with Crippen LogP contribution in [0.2, 0.25) is 0 Å². The van der Waals surface area contributed by atoms with Crippen molar-refractivity contribution in [2.75, 3.05) is 18.6 Å². The summed E-state index contributed by atoms with van der Waals surface area (Å²) in [6, 6.07) is 13.2. The van der Waals surface area contributed by atoms with Gasteiger partial charge in [0.15, 0.2) is 9.84 Å². The molecule has 2 aromatic carbocycles. The Balaban J connectivity index is 1.99. The van der Waals surface area contributed by atoms with E-state index in [0.29, 0.717) is 11.5 Å². The van der Waals surface area contributed by atoms with Crippen molar-refractivity contribution in [1.82, 2.24) is 0 Å². The van der Waals surface area contributed by atoms with Gasteiger partial charge in [-0.05, 0) is 42.5 Å². The minimum atomic E-state index is -3.32. The maximum atomic E-state index is 12.2. The molecule has 0 bridgehead atoms. The molecule has 0 fully saturated rings. The monoisotopic (exact) mass is 324 g/mol. The van der Waals surface area contributed by atoms with Crippen molar-refractivity contribution in [3.63, 3.8) is 0 Å². The highest BCUT2D eigenvalue weighted by atomic mass is 32.2. The zero-order chi connectivity index (χ0) is 15.3. The minimum absolute atomic E-state index is 0.0473. The highest BCUT2D eigenvalue weighted by Gasteiger charge is 2.15. The molecule has 21 heavy (non-hydrogen) atoms. The number of methoxy groups -OCH3 is 1. The number of hydrogen-bond acceptors (Lipinski definition) is 5. The lowest BCUT2D eigenvalue weighted by Crippen LogP contribution is -2.09. The first-order chi connectivity index (χ1) is 10.0. The van der Waals surface area contributed by atoms with E-state index in [-0.39, 0.29) is 16.4 Å². The molecule has 0 aliphatic rings. The largest absolute Gasteiger partial charge is 0.508 e. The second-order valence-corrected chi connectivity index (χ2v) is 7.62. The lowest BCUT2D eigenvalue weighted by Gasteiger charge is -2.06. The van der Waals surface area contributed by atoms with Gasteiger partial charge in [0, 0.05) is 10.6 Å².